The summed E-state index contributed by atoms with van der Waals surface area (Å²) in [5, 5.41) is 18.7. The van der Waals surface area contributed by atoms with Crippen LogP contribution in [0.4, 0.5) is 10.3 Å². The minimum absolute atomic E-state index is 0. The van der Waals surface area contributed by atoms with Gasteiger partial charge in [0.25, 0.3) is 0 Å². The summed E-state index contributed by atoms with van der Waals surface area (Å²) in [6.45, 7) is 7.24. The number of nitrogens with zero attached hydrogens (tertiary/aromatic N) is 4. The van der Waals surface area contributed by atoms with Gasteiger partial charge in [0.05, 0.1) is 31.5 Å². The number of hydrogen-bond acceptors (Lipinski definition) is 12. The van der Waals surface area contributed by atoms with Crippen molar-refractivity contribution < 1.29 is 18.9 Å². The first-order chi connectivity index (χ1) is 28.9. The summed E-state index contributed by atoms with van der Waals surface area (Å²) in [6.07, 6.45) is 0. The lowest BCUT2D eigenvalue weighted by Gasteiger charge is -2.06. The smallest absolute Gasteiger partial charge is 0.428 e. The molecule has 4 aromatic carbocycles. The first-order valence-corrected chi connectivity index (χ1v) is 21.0. The Kier molecular flexibility index (Phi) is 16.5. The van der Waals surface area contributed by atoms with Crippen LogP contribution in [0.3, 0.4) is 0 Å². The number of rotatable bonds is 8. The highest BCUT2D eigenvalue weighted by atomic mass is 79.9. The van der Waals surface area contributed by atoms with Crippen LogP contribution in [-0.4, -0.2) is 38.6 Å². The molecule has 0 atom stereocenters. The van der Waals surface area contributed by atoms with Gasteiger partial charge in [-0.15, -0.1) is 0 Å². The number of aryl methyl sites for hydroxylation is 4. The van der Waals surface area contributed by atoms with Crippen LogP contribution in [-0.2, 0) is 0 Å². The Morgan fingerprint density at radius 3 is 1.34 bits per heavy atom. The van der Waals surface area contributed by atoms with Crippen molar-refractivity contribution in [3.63, 3.8) is 0 Å². The summed E-state index contributed by atoms with van der Waals surface area (Å²) in [5.74, 6) is 0.940. The molecule has 0 aliphatic carbocycles. The van der Waals surface area contributed by atoms with E-state index in [9.17, 15) is 9.59 Å². The second-order valence-electron chi connectivity index (χ2n) is 13.1. The first kappa shape index (κ1) is 45.9. The van der Waals surface area contributed by atoms with Crippen LogP contribution >= 0.6 is 38.6 Å². The third-order valence-electron chi connectivity index (χ3n) is 8.49. The molecule has 0 bridgehead atoms. The van der Waals surface area contributed by atoms with Gasteiger partial charge in [-0.3, -0.25) is 0 Å². The molecule has 0 saturated carbocycles. The quantitative estimate of drug-likeness (QED) is 0.113. The molecule has 0 saturated heterocycles. The van der Waals surface area contributed by atoms with Gasteiger partial charge in [0.15, 0.2) is 0 Å². The molecule has 0 fully saturated rings. The number of aromatic nitrogens is 2. The molecule has 0 spiro atoms. The molecule has 2 N–H and O–H groups in total. The third-order valence-corrected chi connectivity index (χ3v) is 11.5. The molecule has 61 heavy (non-hydrogen) atoms. The van der Waals surface area contributed by atoms with Gasteiger partial charge >= 0.3 is 18.4 Å². The maximum Gasteiger partial charge on any atom is 0.488 e. The van der Waals surface area contributed by atoms with E-state index in [4.69, 9.17) is 24.5 Å². The number of thiazole rings is 2. The molecular weight excluding hydrogens is 871 g/mol. The molecule has 308 valence electrons. The number of benzene rings is 4. The van der Waals surface area contributed by atoms with Crippen LogP contribution in [0.1, 0.15) is 52.6 Å². The van der Waals surface area contributed by atoms with Crippen molar-refractivity contribution in [3.8, 4) is 10.4 Å². The average molecular weight is 914 g/mol. The van der Waals surface area contributed by atoms with Gasteiger partial charge < -0.3 is 18.9 Å². The molecule has 8 rings (SSSR count). The van der Waals surface area contributed by atoms with Crippen molar-refractivity contribution in [1.29, 1.82) is 0 Å². The maximum atomic E-state index is 11.7. The second kappa shape index (κ2) is 21.9. The van der Waals surface area contributed by atoms with Crippen LogP contribution in [0.2, 0.25) is 0 Å². The Hall–Kier alpha value is -6.16. The van der Waals surface area contributed by atoms with Crippen LogP contribution in [0.5, 0.6) is 0 Å². The zero-order valence-corrected chi connectivity index (χ0v) is 36.2. The van der Waals surface area contributed by atoms with Gasteiger partial charge in [-0.2, -0.15) is 0 Å². The fourth-order valence-electron chi connectivity index (χ4n) is 5.79. The van der Waals surface area contributed by atoms with Crippen LogP contribution in [0, 0.1) is 27.7 Å². The van der Waals surface area contributed by atoms with Crippen molar-refractivity contribution in [1.82, 2.24) is 9.97 Å². The van der Waals surface area contributed by atoms with Crippen LogP contribution < -0.4 is 16.7 Å². The minimum atomic E-state index is -1.61. The van der Waals surface area contributed by atoms with Crippen molar-refractivity contribution in [2.75, 3.05) is 0 Å². The van der Waals surface area contributed by atoms with Crippen molar-refractivity contribution in [2.45, 2.75) is 35.1 Å². The summed E-state index contributed by atoms with van der Waals surface area (Å²) in [7, 11) is -1.61. The van der Waals surface area contributed by atoms with E-state index in [2.05, 4.69) is 54.6 Å². The van der Waals surface area contributed by atoms with E-state index >= 15 is 0 Å². The number of hydrogen-bond donors (Lipinski definition) is 2. The fraction of sp³-hybridized carbons (Fsp3) is 0.106. The van der Waals surface area contributed by atoms with E-state index < -0.39 is 12.7 Å². The molecule has 0 unspecified atom stereocenters. The van der Waals surface area contributed by atoms with Gasteiger partial charge in [-0.05, 0) is 61.2 Å². The summed E-state index contributed by atoms with van der Waals surface area (Å²) in [6, 6.07) is 46.3. The normalized spacial score (nSPS) is 10.2. The van der Waals surface area contributed by atoms with Gasteiger partial charge in [-0.25, -0.2) is 29.5 Å². The lowest BCUT2D eigenvalue weighted by Crippen LogP contribution is -2.32. The minimum Gasteiger partial charge on any atom is -0.428 e. The Balaban J connectivity index is 0.000000188. The van der Waals surface area contributed by atoms with Gasteiger partial charge in [0, 0.05) is 39.9 Å². The number of halogens is 1. The molecule has 14 heteroatoms. The summed E-state index contributed by atoms with van der Waals surface area (Å²) >= 11 is 6.52. The zero-order valence-electron chi connectivity index (χ0n) is 32.9. The van der Waals surface area contributed by atoms with Crippen LogP contribution in [0.15, 0.2) is 178 Å². The third kappa shape index (κ3) is 12.9. The Bertz CT molecular complexity index is 2740. The standard InChI is InChI=1S/C23H18N2O2S.C17H13BrN2S.C6H7BO4.CH4/c1-15-13-19(14-20(26)27-15)22-16(2)24-23(28-22)25-21(17-9-5-3-6-10-17)18-11-7-4-8-12-18;1-12-16(18)21-17(19-12)20-15(13-8-4-2-5-9-13)14-10-6-3-7-11-14;1-4-2-5(7(9)10)3-6(8)11-4;/h3-14H,1-2H3;2-11H,1H3;2-3,9-10H,1H3;1H4. The molecule has 0 aliphatic rings. The molecule has 4 heterocycles. The van der Waals surface area contributed by atoms with E-state index in [-0.39, 0.29) is 18.5 Å². The monoisotopic (exact) mass is 912 g/mol. The predicted molar refractivity (Wildman–Crippen MR) is 253 cm³/mol. The first-order valence-electron chi connectivity index (χ1n) is 18.5. The average Bonchev–Trinajstić information content (AvgIpc) is 3.78. The SMILES string of the molecule is C.Cc1cc(-c2sc(N=C(c3ccccc3)c3ccccc3)nc2C)cc(=O)o1.Cc1cc(B(O)O)cc(=O)o1.Cc1nc(N=C(c2ccccc2)c2ccccc2)sc1Br. The molecule has 0 aliphatic heterocycles. The van der Waals surface area contributed by atoms with Crippen molar-refractivity contribution in [3.05, 3.63) is 215 Å². The maximum absolute atomic E-state index is 11.7. The largest absolute Gasteiger partial charge is 0.488 e. The molecule has 4 aromatic heterocycles. The van der Waals surface area contributed by atoms with Gasteiger partial charge in [-0.1, -0.05) is 151 Å². The van der Waals surface area contributed by atoms with Gasteiger partial charge in [0.1, 0.15) is 11.5 Å². The predicted octanol–water partition coefficient (Wildman–Crippen LogP) is 10.2. The second-order valence-corrected chi connectivity index (χ2v) is 16.4. The van der Waals surface area contributed by atoms with Crippen molar-refractivity contribution in [2.24, 2.45) is 9.98 Å². The lowest BCUT2D eigenvalue weighted by atomic mass is 9.81. The molecular formula is C47H42BBrN4O6S2. The molecule has 0 amide bonds. The van der Waals surface area contributed by atoms with Crippen molar-refractivity contribution >= 4 is 72.9 Å². The Morgan fingerprint density at radius 1 is 0.574 bits per heavy atom. The number of aliphatic imine (C=N–C) groups is 2. The highest BCUT2D eigenvalue weighted by Gasteiger charge is 2.15. The highest BCUT2D eigenvalue weighted by Crippen LogP contribution is 2.35. The molecule has 0 radical (unpaired) electrons. The van der Waals surface area contributed by atoms with E-state index in [1.807, 2.05) is 117 Å². The van der Waals surface area contributed by atoms with E-state index in [1.54, 1.807) is 25.2 Å². The Labute approximate surface area is 370 Å². The van der Waals surface area contributed by atoms with Gasteiger partial charge in [0.2, 0.25) is 10.3 Å². The fourth-order valence-corrected chi connectivity index (χ4v) is 7.92. The van der Waals surface area contributed by atoms with E-state index in [1.165, 1.54) is 23.5 Å². The molecule has 10 nitrogen and oxygen atoms in total. The van der Waals surface area contributed by atoms with Crippen LogP contribution in [0.25, 0.3) is 10.4 Å². The zero-order chi connectivity index (χ0) is 42.6. The summed E-state index contributed by atoms with van der Waals surface area (Å²) < 4.78 is 10.7. The summed E-state index contributed by atoms with van der Waals surface area (Å²) in [5.41, 5.74) is 7.88. The molecule has 8 aromatic rings. The van der Waals surface area contributed by atoms with E-state index in [0.29, 0.717) is 16.7 Å². The topological polar surface area (TPSA) is 151 Å². The Morgan fingerprint density at radius 2 is 0.967 bits per heavy atom. The van der Waals surface area contributed by atoms with E-state index in [0.717, 1.165) is 70.5 Å². The lowest BCUT2D eigenvalue weighted by molar-refractivity contribution is 0.423. The highest BCUT2D eigenvalue weighted by molar-refractivity contribution is 9.11. The summed E-state index contributed by atoms with van der Waals surface area (Å²) in [4.78, 5) is 42.1.